The standard InChI is InChI=1S/C30H36BrN3O5S/c1-5-18-32-30(36)27(6-2)33(20-23-10-8-7-9-11-23)29(35)21-34(24-14-12-22(3)13-15-24)40(37,38)25-16-17-28(39-4)26(31)19-25/h7-17,19,27H,5-6,18,20-21H2,1-4H3,(H,32,36)/t27-/m0/s1. The van der Waals surface area contributed by atoms with Crippen molar-refractivity contribution in [2.24, 2.45) is 0 Å². The first kappa shape index (κ1) is 31.2. The van der Waals surface area contributed by atoms with Crippen LogP contribution in [0.25, 0.3) is 0 Å². The number of amides is 2. The number of hydrogen-bond donors (Lipinski definition) is 1. The van der Waals surface area contributed by atoms with Gasteiger partial charge in [0.05, 0.1) is 22.2 Å². The molecule has 0 aliphatic carbocycles. The number of hydrogen-bond acceptors (Lipinski definition) is 5. The van der Waals surface area contributed by atoms with Crippen LogP contribution >= 0.6 is 15.9 Å². The van der Waals surface area contributed by atoms with Gasteiger partial charge in [-0.05, 0) is 71.6 Å². The number of benzene rings is 3. The van der Waals surface area contributed by atoms with E-state index >= 15 is 0 Å². The Morgan fingerprint density at radius 3 is 2.25 bits per heavy atom. The van der Waals surface area contributed by atoms with E-state index in [4.69, 9.17) is 4.74 Å². The predicted molar refractivity (Wildman–Crippen MR) is 161 cm³/mol. The van der Waals surface area contributed by atoms with Gasteiger partial charge in [0.15, 0.2) is 0 Å². The fraction of sp³-hybridized carbons (Fsp3) is 0.333. The molecule has 0 aliphatic rings. The van der Waals surface area contributed by atoms with Crippen LogP contribution in [0.3, 0.4) is 0 Å². The fourth-order valence-corrected chi connectivity index (χ4v) is 6.37. The monoisotopic (exact) mass is 629 g/mol. The summed E-state index contributed by atoms with van der Waals surface area (Å²) in [5.41, 5.74) is 2.12. The van der Waals surface area contributed by atoms with E-state index in [0.717, 1.165) is 21.9 Å². The molecule has 0 aliphatic heterocycles. The Kier molecular flexibility index (Phi) is 11.2. The van der Waals surface area contributed by atoms with Crippen molar-refractivity contribution in [3.8, 4) is 5.75 Å². The van der Waals surface area contributed by atoms with E-state index in [9.17, 15) is 18.0 Å². The van der Waals surface area contributed by atoms with Gasteiger partial charge in [-0.2, -0.15) is 0 Å². The summed E-state index contributed by atoms with van der Waals surface area (Å²) in [6.45, 7) is 5.85. The zero-order valence-corrected chi connectivity index (χ0v) is 25.7. The van der Waals surface area contributed by atoms with Crippen LogP contribution in [0.15, 0.2) is 82.2 Å². The lowest BCUT2D eigenvalue weighted by Crippen LogP contribution is -2.52. The molecule has 3 aromatic carbocycles. The maximum atomic E-state index is 14.0. The molecule has 1 atom stereocenters. The summed E-state index contributed by atoms with van der Waals surface area (Å²) in [4.78, 5) is 28.6. The molecule has 0 aromatic heterocycles. The van der Waals surface area contributed by atoms with Gasteiger partial charge in [0.1, 0.15) is 18.3 Å². The van der Waals surface area contributed by atoms with E-state index in [1.807, 2.05) is 51.1 Å². The van der Waals surface area contributed by atoms with Crippen LogP contribution in [0.1, 0.15) is 37.8 Å². The molecule has 0 fully saturated rings. The molecule has 2 amide bonds. The van der Waals surface area contributed by atoms with E-state index in [2.05, 4.69) is 21.2 Å². The molecule has 1 N–H and O–H groups in total. The number of carbonyl (C=O) groups is 2. The highest BCUT2D eigenvalue weighted by Crippen LogP contribution is 2.31. The molecule has 3 rings (SSSR count). The van der Waals surface area contributed by atoms with Gasteiger partial charge < -0.3 is 15.0 Å². The maximum absolute atomic E-state index is 14.0. The lowest BCUT2D eigenvalue weighted by Gasteiger charge is -2.33. The number of methoxy groups -OCH3 is 1. The second kappa shape index (κ2) is 14.3. The minimum Gasteiger partial charge on any atom is -0.496 e. The topological polar surface area (TPSA) is 96.0 Å². The lowest BCUT2D eigenvalue weighted by molar-refractivity contribution is -0.140. The van der Waals surface area contributed by atoms with Crippen molar-refractivity contribution in [2.75, 3.05) is 24.5 Å². The van der Waals surface area contributed by atoms with E-state index in [1.54, 1.807) is 30.3 Å². The number of ether oxygens (including phenoxy) is 1. The van der Waals surface area contributed by atoms with Gasteiger partial charge in [-0.25, -0.2) is 8.42 Å². The lowest BCUT2D eigenvalue weighted by atomic mass is 10.1. The fourth-order valence-electron chi connectivity index (χ4n) is 4.24. The van der Waals surface area contributed by atoms with Crippen LogP contribution < -0.4 is 14.4 Å². The molecule has 0 saturated heterocycles. The Labute approximate surface area is 245 Å². The molecule has 0 spiro atoms. The average molecular weight is 631 g/mol. The third-order valence-corrected chi connectivity index (χ3v) is 8.83. The first-order valence-corrected chi connectivity index (χ1v) is 15.4. The average Bonchev–Trinajstić information content (AvgIpc) is 2.95. The van der Waals surface area contributed by atoms with Crippen molar-refractivity contribution in [3.63, 3.8) is 0 Å². The highest BCUT2D eigenvalue weighted by atomic mass is 79.9. The van der Waals surface area contributed by atoms with Crippen molar-refractivity contribution < 1.29 is 22.7 Å². The number of sulfonamides is 1. The number of rotatable bonds is 13. The molecule has 0 radical (unpaired) electrons. The summed E-state index contributed by atoms with van der Waals surface area (Å²) in [6, 6.07) is 20.0. The SMILES string of the molecule is CCCNC(=O)[C@H](CC)N(Cc1ccccc1)C(=O)CN(c1ccc(C)cc1)S(=O)(=O)c1ccc(OC)c(Br)c1. The smallest absolute Gasteiger partial charge is 0.264 e. The van der Waals surface area contributed by atoms with E-state index in [-0.39, 0.29) is 17.3 Å². The third-order valence-electron chi connectivity index (χ3n) is 6.44. The number of aryl methyl sites for hydroxylation is 1. The van der Waals surface area contributed by atoms with Crippen LogP contribution in [0.5, 0.6) is 5.75 Å². The molecule has 3 aromatic rings. The Morgan fingerprint density at radius 1 is 1.00 bits per heavy atom. The zero-order chi connectivity index (χ0) is 29.3. The van der Waals surface area contributed by atoms with Crippen molar-refractivity contribution in [1.29, 1.82) is 0 Å². The van der Waals surface area contributed by atoms with Crippen LogP contribution in [0.2, 0.25) is 0 Å². The summed E-state index contributed by atoms with van der Waals surface area (Å²) in [7, 11) is -2.69. The number of nitrogens with zero attached hydrogens (tertiary/aromatic N) is 2. The summed E-state index contributed by atoms with van der Waals surface area (Å²) in [5.74, 6) is -0.272. The van der Waals surface area contributed by atoms with Crippen LogP contribution in [-0.4, -0.2) is 51.4 Å². The molecule has 40 heavy (non-hydrogen) atoms. The second-order valence-electron chi connectivity index (χ2n) is 9.37. The summed E-state index contributed by atoms with van der Waals surface area (Å²) >= 11 is 3.36. The number of halogens is 1. The second-order valence-corrected chi connectivity index (χ2v) is 12.1. The summed E-state index contributed by atoms with van der Waals surface area (Å²) in [5, 5.41) is 2.89. The van der Waals surface area contributed by atoms with Crippen LogP contribution in [-0.2, 0) is 26.2 Å². The first-order valence-electron chi connectivity index (χ1n) is 13.2. The highest BCUT2D eigenvalue weighted by Gasteiger charge is 2.33. The van der Waals surface area contributed by atoms with Crippen molar-refractivity contribution in [3.05, 3.63) is 88.4 Å². The Bertz CT molecular complexity index is 1400. The van der Waals surface area contributed by atoms with Crippen molar-refractivity contribution >= 4 is 43.5 Å². The molecule has 0 saturated carbocycles. The van der Waals surface area contributed by atoms with E-state index < -0.39 is 28.5 Å². The van der Waals surface area contributed by atoms with Gasteiger partial charge in [-0.1, -0.05) is 61.9 Å². The molecule has 0 unspecified atom stereocenters. The Morgan fingerprint density at radius 2 is 1.68 bits per heavy atom. The van der Waals surface area contributed by atoms with E-state index in [0.29, 0.717) is 28.9 Å². The zero-order valence-electron chi connectivity index (χ0n) is 23.3. The first-order chi connectivity index (χ1) is 19.1. The van der Waals surface area contributed by atoms with Gasteiger partial charge in [0, 0.05) is 13.1 Å². The molecule has 0 bridgehead atoms. The maximum Gasteiger partial charge on any atom is 0.264 e. The predicted octanol–water partition coefficient (Wildman–Crippen LogP) is 5.30. The molecule has 0 heterocycles. The number of nitrogens with one attached hydrogen (secondary N) is 1. The minimum absolute atomic E-state index is 0.00381. The van der Waals surface area contributed by atoms with Gasteiger partial charge in [-0.3, -0.25) is 13.9 Å². The van der Waals surface area contributed by atoms with Crippen LogP contribution in [0.4, 0.5) is 5.69 Å². The van der Waals surface area contributed by atoms with Crippen molar-refractivity contribution in [1.82, 2.24) is 10.2 Å². The minimum atomic E-state index is -4.18. The van der Waals surface area contributed by atoms with Crippen LogP contribution in [0, 0.1) is 6.92 Å². The normalized spacial score (nSPS) is 11.9. The number of carbonyl (C=O) groups excluding carboxylic acids is 2. The molecular formula is C30H36BrN3O5S. The number of anilines is 1. The molecule has 214 valence electrons. The molecule has 10 heteroatoms. The Balaban J connectivity index is 2.06. The largest absolute Gasteiger partial charge is 0.496 e. The van der Waals surface area contributed by atoms with Crippen molar-refractivity contribution in [2.45, 2.75) is 51.1 Å². The van der Waals surface area contributed by atoms with Gasteiger partial charge in [0.25, 0.3) is 10.0 Å². The van der Waals surface area contributed by atoms with Gasteiger partial charge in [-0.15, -0.1) is 0 Å². The Hall–Kier alpha value is -3.37. The van der Waals surface area contributed by atoms with E-state index in [1.165, 1.54) is 24.1 Å². The van der Waals surface area contributed by atoms with Gasteiger partial charge in [0.2, 0.25) is 11.8 Å². The quantitative estimate of drug-likeness (QED) is 0.277. The summed E-state index contributed by atoms with van der Waals surface area (Å²) < 4.78 is 34.9. The van der Waals surface area contributed by atoms with Gasteiger partial charge >= 0.3 is 0 Å². The molecular weight excluding hydrogens is 594 g/mol. The molecule has 8 nitrogen and oxygen atoms in total. The highest BCUT2D eigenvalue weighted by molar-refractivity contribution is 9.10. The summed E-state index contributed by atoms with van der Waals surface area (Å²) in [6.07, 6.45) is 1.13. The third kappa shape index (κ3) is 7.63.